The molecular weight excluding hydrogens is 246 g/mol. The number of benzene rings is 1. The van der Waals surface area contributed by atoms with Gasteiger partial charge in [0.1, 0.15) is 11.4 Å². The van der Waals surface area contributed by atoms with E-state index in [0.29, 0.717) is 10.9 Å². The van der Waals surface area contributed by atoms with Gasteiger partial charge in [-0.2, -0.15) is 0 Å². The zero-order valence-corrected chi connectivity index (χ0v) is 11.2. The number of ether oxygens (including phenoxy) is 1. The molecule has 0 atom stereocenters. The van der Waals surface area contributed by atoms with Crippen LogP contribution in [0.4, 0.5) is 4.79 Å². The molecule has 0 fully saturated rings. The van der Waals surface area contributed by atoms with Crippen LogP contribution >= 0.6 is 0 Å². The van der Waals surface area contributed by atoms with E-state index >= 15 is 0 Å². The second-order valence-electron chi connectivity index (χ2n) is 5.29. The Balaban J connectivity index is 2.62. The molecule has 0 amide bonds. The third-order valence-corrected chi connectivity index (χ3v) is 2.67. The number of aromatic nitrogens is 1. The third kappa shape index (κ3) is 2.42. The molecule has 2 aromatic rings. The van der Waals surface area contributed by atoms with Crippen LogP contribution in [-0.2, 0) is 11.3 Å². The van der Waals surface area contributed by atoms with Gasteiger partial charge < -0.3 is 14.9 Å². The van der Waals surface area contributed by atoms with Gasteiger partial charge in [-0.05, 0) is 32.9 Å². The van der Waals surface area contributed by atoms with Gasteiger partial charge in [0.15, 0.2) is 0 Å². The summed E-state index contributed by atoms with van der Waals surface area (Å²) < 4.78 is 6.49. The lowest BCUT2D eigenvalue weighted by atomic mass is 10.2. The summed E-state index contributed by atoms with van der Waals surface area (Å²) in [6, 6.07) is 6.88. The molecule has 0 bridgehead atoms. The number of aliphatic hydroxyl groups is 1. The van der Waals surface area contributed by atoms with E-state index in [-0.39, 0.29) is 11.4 Å². The molecule has 0 unspecified atom stereocenters. The molecule has 2 N–H and O–H groups in total. The maximum absolute atomic E-state index is 12.2. The number of aliphatic hydroxyl groups excluding tert-OH is 1. The lowest BCUT2D eigenvalue weighted by Crippen LogP contribution is -2.28. The van der Waals surface area contributed by atoms with Gasteiger partial charge in [0, 0.05) is 5.39 Å². The number of aromatic hydroxyl groups is 1. The van der Waals surface area contributed by atoms with Crippen molar-refractivity contribution in [2.24, 2.45) is 0 Å². The molecule has 102 valence electrons. The first kappa shape index (κ1) is 13.4. The summed E-state index contributed by atoms with van der Waals surface area (Å²) in [5.74, 6) is -0.0936. The predicted molar refractivity (Wildman–Crippen MR) is 71.2 cm³/mol. The van der Waals surface area contributed by atoms with Gasteiger partial charge in [-0.15, -0.1) is 0 Å². The van der Waals surface area contributed by atoms with Crippen LogP contribution < -0.4 is 0 Å². The van der Waals surface area contributed by atoms with Crippen molar-refractivity contribution in [1.82, 2.24) is 4.57 Å². The second-order valence-corrected chi connectivity index (χ2v) is 5.29. The molecule has 0 saturated carbocycles. The van der Waals surface area contributed by atoms with Crippen molar-refractivity contribution in [1.29, 1.82) is 0 Å². The van der Waals surface area contributed by atoms with Gasteiger partial charge in [0.25, 0.3) is 0 Å². The van der Waals surface area contributed by atoms with E-state index in [1.54, 1.807) is 45.0 Å². The van der Waals surface area contributed by atoms with Gasteiger partial charge >= 0.3 is 6.09 Å². The number of rotatable bonds is 1. The van der Waals surface area contributed by atoms with Crippen LogP contribution in [0.2, 0.25) is 0 Å². The lowest BCUT2D eigenvalue weighted by molar-refractivity contribution is 0.0532. The zero-order chi connectivity index (χ0) is 14.2. The first-order chi connectivity index (χ1) is 8.85. The number of hydrogen-bond acceptors (Lipinski definition) is 4. The lowest BCUT2D eigenvalue weighted by Gasteiger charge is -2.20. The van der Waals surface area contributed by atoms with Gasteiger partial charge in [0.2, 0.25) is 0 Å². The van der Waals surface area contributed by atoms with Gasteiger partial charge in [0.05, 0.1) is 17.8 Å². The Morgan fingerprint density at radius 3 is 2.53 bits per heavy atom. The van der Waals surface area contributed by atoms with E-state index in [0.717, 1.165) is 0 Å². The number of fused-ring (bicyclic) bond motifs is 1. The molecular formula is C14H17NO4. The molecule has 2 rings (SSSR count). The van der Waals surface area contributed by atoms with Crippen molar-refractivity contribution < 1.29 is 19.7 Å². The Bertz CT molecular complexity index is 622. The number of para-hydroxylation sites is 1. The quantitative estimate of drug-likeness (QED) is 0.829. The van der Waals surface area contributed by atoms with E-state index in [1.165, 1.54) is 4.57 Å². The maximum Gasteiger partial charge on any atom is 0.419 e. The number of hydrogen-bond donors (Lipinski definition) is 2. The summed E-state index contributed by atoms with van der Waals surface area (Å²) in [5, 5.41) is 19.9. The zero-order valence-electron chi connectivity index (χ0n) is 11.2. The van der Waals surface area contributed by atoms with Crippen molar-refractivity contribution in [2.75, 3.05) is 0 Å². The van der Waals surface area contributed by atoms with Crippen LogP contribution in [0.25, 0.3) is 10.9 Å². The monoisotopic (exact) mass is 263 g/mol. The van der Waals surface area contributed by atoms with Gasteiger partial charge in [-0.1, -0.05) is 12.1 Å². The Hall–Kier alpha value is -2.01. The van der Waals surface area contributed by atoms with Crippen LogP contribution in [-0.4, -0.2) is 26.5 Å². The smallest absolute Gasteiger partial charge is 0.419 e. The molecule has 1 heterocycles. The Morgan fingerprint density at radius 2 is 1.95 bits per heavy atom. The van der Waals surface area contributed by atoms with Crippen LogP contribution in [0.1, 0.15) is 26.5 Å². The van der Waals surface area contributed by atoms with E-state index < -0.39 is 18.3 Å². The maximum atomic E-state index is 12.2. The largest absolute Gasteiger partial charge is 0.505 e. The minimum Gasteiger partial charge on any atom is -0.505 e. The summed E-state index contributed by atoms with van der Waals surface area (Å²) in [6.07, 6.45) is -0.618. The van der Waals surface area contributed by atoms with Crippen molar-refractivity contribution in [3.8, 4) is 5.75 Å². The highest BCUT2D eigenvalue weighted by Gasteiger charge is 2.24. The number of nitrogens with zero attached hydrogens (tertiary/aromatic N) is 1. The van der Waals surface area contributed by atoms with E-state index in [1.807, 2.05) is 0 Å². The van der Waals surface area contributed by atoms with Crippen molar-refractivity contribution in [3.05, 3.63) is 30.0 Å². The first-order valence-corrected chi connectivity index (χ1v) is 6.00. The fraction of sp³-hybridized carbons (Fsp3) is 0.357. The molecule has 5 nitrogen and oxygen atoms in total. The van der Waals surface area contributed by atoms with E-state index in [2.05, 4.69) is 0 Å². The van der Waals surface area contributed by atoms with Crippen LogP contribution in [0, 0.1) is 0 Å². The number of carbonyl (C=O) groups is 1. The summed E-state index contributed by atoms with van der Waals surface area (Å²) in [7, 11) is 0. The van der Waals surface area contributed by atoms with Crippen LogP contribution in [0.15, 0.2) is 24.3 Å². The van der Waals surface area contributed by atoms with Crippen LogP contribution in [0.3, 0.4) is 0 Å². The molecule has 0 aliphatic rings. The Morgan fingerprint density at radius 1 is 1.32 bits per heavy atom. The summed E-state index contributed by atoms with van der Waals surface area (Å²) in [6.45, 7) is 4.83. The first-order valence-electron chi connectivity index (χ1n) is 6.00. The minimum absolute atomic E-state index is 0.0936. The molecule has 0 spiro atoms. The second kappa shape index (κ2) is 4.59. The van der Waals surface area contributed by atoms with Crippen molar-refractivity contribution in [2.45, 2.75) is 33.0 Å². The normalized spacial score (nSPS) is 11.8. The SMILES string of the molecule is CC(C)(C)OC(=O)n1c(CO)c(O)c2ccccc21. The Kier molecular flexibility index (Phi) is 3.24. The topological polar surface area (TPSA) is 71.7 Å². The third-order valence-electron chi connectivity index (χ3n) is 2.67. The van der Waals surface area contributed by atoms with Crippen molar-refractivity contribution in [3.63, 3.8) is 0 Å². The molecule has 0 aliphatic carbocycles. The molecule has 19 heavy (non-hydrogen) atoms. The standard InChI is InChI=1S/C14H17NO4/c1-14(2,3)19-13(18)15-10-7-5-4-6-9(10)12(17)11(15)8-16/h4-7,16-17H,8H2,1-3H3. The fourth-order valence-electron chi connectivity index (χ4n) is 1.94. The van der Waals surface area contributed by atoms with E-state index in [4.69, 9.17) is 4.74 Å². The number of carbonyl (C=O) groups excluding carboxylic acids is 1. The average molecular weight is 263 g/mol. The van der Waals surface area contributed by atoms with Gasteiger partial charge in [-0.25, -0.2) is 9.36 Å². The van der Waals surface area contributed by atoms with Gasteiger partial charge in [-0.3, -0.25) is 0 Å². The highest BCUT2D eigenvalue weighted by atomic mass is 16.6. The molecule has 0 aliphatic heterocycles. The Labute approximate surface area is 111 Å². The average Bonchev–Trinajstić information content (AvgIpc) is 2.60. The minimum atomic E-state index is -0.648. The fourth-order valence-corrected chi connectivity index (χ4v) is 1.94. The van der Waals surface area contributed by atoms with E-state index in [9.17, 15) is 15.0 Å². The molecule has 5 heteroatoms. The predicted octanol–water partition coefficient (Wildman–Crippen LogP) is 2.62. The summed E-state index contributed by atoms with van der Waals surface area (Å²) >= 11 is 0. The molecule has 1 aromatic carbocycles. The molecule has 1 aromatic heterocycles. The highest BCUT2D eigenvalue weighted by Crippen LogP contribution is 2.32. The highest BCUT2D eigenvalue weighted by molar-refractivity contribution is 5.95. The molecule has 0 saturated heterocycles. The van der Waals surface area contributed by atoms with Crippen LogP contribution in [0.5, 0.6) is 5.75 Å². The van der Waals surface area contributed by atoms with Crippen molar-refractivity contribution >= 4 is 17.0 Å². The summed E-state index contributed by atoms with van der Waals surface area (Å²) in [4.78, 5) is 12.2. The summed E-state index contributed by atoms with van der Waals surface area (Å²) in [5.41, 5.74) is -0.00102. The molecule has 0 radical (unpaired) electrons.